The Balaban J connectivity index is 2.50. The maximum atomic E-state index is 5.62. The summed E-state index contributed by atoms with van der Waals surface area (Å²) in [6.07, 6.45) is 1.73. The number of hydrogen-bond donors (Lipinski definition) is 2. The van der Waals surface area contributed by atoms with E-state index in [1.807, 2.05) is 0 Å². The minimum Gasteiger partial charge on any atom is -0.370 e. The van der Waals surface area contributed by atoms with E-state index in [0.717, 1.165) is 10.0 Å². The third kappa shape index (κ3) is 3.98. The van der Waals surface area contributed by atoms with Crippen molar-refractivity contribution in [2.75, 3.05) is 6.54 Å². The van der Waals surface area contributed by atoms with Crippen LogP contribution in [-0.4, -0.2) is 22.7 Å². The molecule has 0 saturated heterocycles. The van der Waals surface area contributed by atoms with Crippen LogP contribution in [0.3, 0.4) is 0 Å². The van der Waals surface area contributed by atoms with Gasteiger partial charge in [-0.25, -0.2) is 4.99 Å². The van der Waals surface area contributed by atoms with Crippen molar-refractivity contribution in [3.63, 3.8) is 0 Å². The van der Waals surface area contributed by atoms with Crippen molar-refractivity contribution in [2.45, 2.75) is 26.3 Å². The monoisotopic (exact) mass is 239 g/mol. The van der Waals surface area contributed by atoms with Crippen molar-refractivity contribution < 1.29 is 0 Å². The minimum absolute atomic E-state index is 0.404. The Morgan fingerprint density at radius 1 is 1.62 bits per heavy atom. The molecule has 0 aliphatic heterocycles. The van der Waals surface area contributed by atoms with Crippen LogP contribution < -0.4 is 11.1 Å². The molecule has 1 rings (SSSR count). The van der Waals surface area contributed by atoms with Gasteiger partial charge in [0.2, 0.25) is 0 Å². The molecule has 0 bridgehead atoms. The summed E-state index contributed by atoms with van der Waals surface area (Å²) in [4.78, 5) is 4.15. The molecule has 3 N–H and O–H groups in total. The Hall–Kier alpha value is -1.43. The van der Waals surface area contributed by atoms with Gasteiger partial charge in [-0.2, -0.15) is 0 Å². The first-order valence-corrected chi connectivity index (χ1v) is 5.92. The van der Waals surface area contributed by atoms with E-state index in [1.54, 1.807) is 17.4 Å². The number of aliphatic imine (C=N–C) groups is 1. The van der Waals surface area contributed by atoms with Crippen LogP contribution in [0.5, 0.6) is 0 Å². The Morgan fingerprint density at radius 3 is 2.94 bits per heavy atom. The molecule has 5 nitrogen and oxygen atoms in total. The number of guanidine groups is 1. The first kappa shape index (κ1) is 12.6. The Kier molecular flexibility index (Phi) is 4.91. The topological polar surface area (TPSA) is 76.2 Å². The zero-order valence-electron chi connectivity index (χ0n) is 9.60. The maximum Gasteiger partial charge on any atom is 0.189 e. The highest BCUT2D eigenvalue weighted by Crippen LogP contribution is 2.19. The summed E-state index contributed by atoms with van der Waals surface area (Å²) in [5.41, 5.74) is 5.62. The highest BCUT2D eigenvalue weighted by Gasteiger charge is 2.06. The van der Waals surface area contributed by atoms with Crippen LogP contribution in [0.25, 0.3) is 0 Å². The van der Waals surface area contributed by atoms with E-state index in [9.17, 15) is 0 Å². The number of nitrogens with zero attached hydrogens (tertiary/aromatic N) is 3. The van der Waals surface area contributed by atoms with Crippen LogP contribution in [0.1, 0.15) is 29.8 Å². The summed E-state index contributed by atoms with van der Waals surface area (Å²) in [5, 5.41) is 12.9. The van der Waals surface area contributed by atoms with E-state index >= 15 is 0 Å². The van der Waals surface area contributed by atoms with Crippen molar-refractivity contribution in [1.82, 2.24) is 15.5 Å². The molecule has 88 valence electrons. The van der Waals surface area contributed by atoms with Crippen LogP contribution in [0.4, 0.5) is 0 Å². The zero-order chi connectivity index (χ0) is 12.0. The lowest BCUT2D eigenvalue weighted by Crippen LogP contribution is -2.31. The average Bonchev–Trinajstić information content (AvgIpc) is 2.72. The lowest BCUT2D eigenvalue weighted by molar-refractivity contribution is 0.816. The molecule has 0 atom stereocenters. The minimum atomic E-state index is 0.404. The van der Waals surface area contributed by atoms with Crippen molar-refractivity contribution in [3.05, 3.63) is 22.7 Å². The van der Waals surface area contributed by atoms with E-state index in [4.69, 9.17) is 5.73 Å². The highest BCUT2D eigenvalue weighted by molar-refractivity contribution is 7.11. The summed E-state index contributed by atoms with van der Waals surface area (Å²) in [6.45, 7) is 8.85. The molecule has 0 amide bonds. The third-order valence-electron chi connectivity index (χ3n) is 1.79. The molecule has 0 fully saturated rings. The first-order chi connectivity index (χ1) is 7.63. The molecule has 0 spiro atoms. The van der Waals surface area contributed by atoms with Crippen molar-refractivity contribution in [3.8, 4) is 0 Å². The molecule has 1 aromatic heterocycles. The van der Waals surface area contributed by atoms with E-state index in [2.05, 4.69) is 40.9 Å². The number of rotatable bonds is 5. The standard InChI is InChI=1S/C10H17N5S/c1-4-5-12-10(11)13-6-8-14-15-9(16-8)7(2)3/h4,7H,1,5-6H2,2-3H3,(H3,11,12,13). The SMILES string of the molecule is C=CCNC(N)=NCc1nnc(C(C)C)s1. The van der Waals surface area contributed by atoms with Gasteiger partial charge in [0.15, 0.2) is 5.96 Å². The van der Waals surface area contributed by atoms with E-state index in [0.29, 0.717) is 25.0 Å². The molecule has 0 aromatic carbocycles. The zero-order valence-corrected chi connectivity index (χ0v) is 10.4. The van der Waals surface area contributed by atoms with Gasteiger partial charge in [0.05, 0.1) is 6.54 Å². The van der Waals surface area contributed by atoms with Crippen LogP contribution in [0.15, 0.2) is 17.6 Å². The van der Waals surface area contributed by atoms with Crippen molar-refractivity contribution >= 4 is 17.3 Å². The first-order valence-electron chi connectivity index (χ1n) is 5.10. The summed E-state index contributed by atoms with van der Waals surface area (Å²) < 4.78 is 0. The second kappa shape index (κ2) is 6.22. The van der Waals surface area contributed by atoms with E-state index in [1.165, 1.54) is 0 Å². The molecular formula is C10H17N5S. The van der Waals surface area contributed by atoms with Gasteiger partial charge >= 0.3 is 0 Å². The number of nitrogens with one attached hydrogen (secondary N) is 1. The molecule has 0 aliphatic rings. The Morgan fingerprint density at radius 2 is 2.38 bits per heavy atom. The van der Waals surface area contributed by atoms with Gasteiger partial charge in [0.25, 0.3) is 0 Å². The lowest BCUT2D eigenvalue weighted by atomic mass is 10.2. The van der Waals surface area contributed by atoms with E-state index < -0.39 is 0 Å². The number of aromatic nitrogens is 2. The van der Waals surface area contributed by atoms with Gasteiger partial charge in [-0.15, -0.1) is 16.8 Å². The molecule has 16 heavy (non-hydrogen) atoms. The maximum absolute atomic E-state index is 5.62. The van der Waals surface area contributed by atoms with Crippen LogP contribution in [-0.2, 0) is 6.54 Å². The molecule has 1 aromatic rings. The lowest BCUT2D eigenvalue weighted by Gasteiger charge is -2.00. The normalized spacial score (nSPS) is 11.8. The molecule has 6 heteroatoms. The molecule has 0 saturated carbocycles. The van der Waals surface area contributed by atoms with E-state index in [-0.39, 0.29) is 0 Å². The van der Waals surface area contributed by atoms with Crippen molar-refractivity contribution in [1.29, 1.82) is 0 Å². The highest BCUT2D eigenvalue weighted by atomic mass is 32.1. The predicted molar refractivity (Wildman–Crippen MR) is 67.5 cm³/mol. The number of hydrogen-bond acceptors (Lipinski definition) is 4. The second-order valence-corrected chi connectivity index (χ2v) is 4.65. The van der Waals surface area contributed by atoms with Gasteiger partial charge in [-0.05, 0) is 0 Å². The van der Waals surface area contributed by atoms with Gasteiger partial charge in [0, 0.05) is 12.5 Å². The third-order valence-corrected chi connectivity index (χ3v) is 3.00. The summed E-state index contributed by atoms with van der Waals surface area (Å²) in [7, 11) is 0. The van der Waals surface area contributed by atoms with Gasteiger partial charge in [-0.3, -0.25) is 0 Å². The Bertz CT molecular complexity index is 369. The molecule has 0 unspecified atom stereocenters. The molecular weight excluding hydrogens is 222 g/mol. The molecule has 1 heterocycles. The average molecular weight is 239 g/mol. The van der Waals surface area contributed by atoms with Gasteiger partial charge < -0.3 is 11.1 Å². The number of nitrogens with two attached hydrogens (primary N) is 1. The van der Waals surface area contributed by atoms with Crippen LogP contribution in [0.2, 0.25) is 0 Å². The predicted octanol–water partition coefficient (Wildman–Crippen LogP) is 1.25. The molecule has 0 aliphatic carbocycles. The largest absolute Gasteiger partial charge is 0.370 e. The quantitative estimate of drug-likeness (QED) is 0.460. The fraction of sp³-hybridized carbons (Fsp3) is 0.500. The van der Waals surface area contributed by atoms with Gasteiger partial charge in [-0.1, -0.05) is 31.3 Å². The molecule has 0 radical (unpaired) electrons. The fourth-order valence-corrected chi connectivity index (χ4v) is 1.72. The van der Waals surface area contributed by atoms with Crippen molar-refractivity contribution in [2.24, 2.45) is 10.7 Å². The summed E-state index contributed by atoms with van der Waals surface area (Å²) in [6, 6.07) is 0. The Labute approximate surface area is 99.5 Å². The van der Waals surface area contributed by atoms with Crippen LogP contribution >= 0.6 is 11.3 Å². The van der Waals surface area contributed by atoms with Crippen LogP contribution in [0, 0.1) is 0 Å². The summed E-state index contributed by atoms with van der Waals surface area (Å²) >= 11 is 1.57. The second-order valence-electron chi connectivity index (χ2n) is 3.56. The van der Waals surface area contributed by atoms with Gasteiger partial charge in [0.1, 0.15) is 10.0 Å². The summed E-state index contributed by atoms with van der Waals surface area (Å²) in [5.74, 6) is 0.813. The fourth-order valence-electron chi connectivity index (χ4n) is 0.949. The smallest absolute Gasteiger partial charge is 0.189 e.